The van der Waals surface area contributed by atoms with Crippen LogP contribution in [0.3, 0.4) is 0 Å². The van der Waals surface area contributed by atoms with Crippen molar-refractivity contribution in [1.82, 2.24) is 0 Å². The van der Waals surface area contributed by atoms with Crippen molar-refractivity contribution in [3.63, 3.8) is 0 Å². The zero-order chi connectivity index (χ0) is 17.5. The van der Waals surface area contributed by atoms with E-state index in [1.54, 1.807) is 0 Å². The van der Waals surface area contributed by atoms with Gasteiger partial charge in [0, 0.05) is 11.5 Å². The van der Waals surface area contributed by atoms with Crippen molar-refractivity contribution in [1.29, 1.82) is 0 Å². The maximum atomic E-state index is 10.8. The van der Waals surface area contributed by atoms with E-state index < -0.39 is 5.60 Å². The maximum Gasteiger partial charge on any atom is 0.134 e. The molecule has 24 heavy (non-hydrogen) atoms. The van der Waals surface area contributed by atoms with Gasteiger partial charge in [0.15, 0.2) is 0 Å². The minimum absolute atomic E-state index is 0.0911. The van der Waals surface area contributed by atoms with E-state index in [4.69, 9.17) is 4.74 Å². The fourth-order valence-corrected chi connectivity index (χ4v) is 4.67. The standard InChI is InChI=1S/C21H32O3/c1-5-6-7-8-14-11-16(22)19-17(12-14)24-20-18(19)15(13(2)3)9-10-21(20,4)23/h11-13,15,18,20,22-23H,5-10H2,1-4H3/t15-,18+,20-,21+/m0/s1. The highest BCUT2D eigenvalue weighted by molar-refractivity contribution is 5.54. The highest BCUT2D eigenvalue weighted by Crippen LogP contribution is 2.56. The molecule has 1 aliphatic carbocycles. The zero-order valence-corrected chi connectivity index (χ0v) is 15.5. The van der Waals surface area contributed by atoms with Crippen LogP contribution in [-0.4, -0.2) is 21.9 Å². The molecule has 2 aliphatic rings. The normalized spacial score (nSPS) is 31.7. The summed E-state index contributed by atoms with van der Waals surface area (Å²) in [5.74, 6) is 2.19. The van der Waals surface area contributed by atoms with E-state index in [0.29, 0.717) is 17.6 Å². The molecule has 1 fully saturated rings. The summed E-state index contributed by atoms with van der Waals surface area (Å²) in [4.78, 5) is 0. The average molecular weight is 332 g/mol. The van der Waals surface area contributed by atoms with Crippen LogP contribution in [0.5, 0.6) is 11.5 Å². The number of hydrogen-bond acceptors (Lipinski definition) is 3. The lowest BCUT2D eigenvalue weighted by Gasteiger charge is -2.43. The first-order chi connectivity index (χ1) is 11.3. The quantitative estimate of drug-likeness (QED) is 0.762. The molecule has 0 amide bonds. The van der Waals surface area contributed by atoms with Crippen molar-refractivity contribution in [3.05, 3.63) is 23.3 Å². The van der Waals surface area contributed by atoms with E-state index >= 15 is 0 Å². The Morgan fingerprint density at radius 1 is 1.29 bits per heavy atom. The van der Waals surface area contributed by atoms with Gasteiger partial charge in [-0.2, -0.15) is 0 Å². The van der Waals surface area contributed by atoms with Crippen LogP contribution in [0.4, 0.5) is 0 Å². The number of phenolic OH excluding ortho intramolecular Hbond substituents is 1. The molecule has 0 spiro atoms. The molecule has 0 bridgehead atoms. The largest absolute Gasteiger partial charge is 0.508 e. The molecule has 0 radical (unpaired) electrons. The predicted octanol–water partition coefficient (Wildman–Crippen LogP) is 4.79. The van der Waals surface area contributed by atoms with Crippen LogP contribution in [0.1, 0.15) is 76.8 Å². The molecule has 3 heteroatoms. The minimum Gasteiger partial charge on any atom is -0.508 e. The second-order valence-electron chi connectivity index (χ2n) is 8.35. The van der Waals surface area contributed by atoms with Gasteiger partial charge in [-0.3, -0.25) is 0 Å². The van der Waals surface area contributed by atoms with Crippen molar-refractivity contribution >= 4 is 0 Å². The number of hydrogen-bond donors (Lipinski definition) is 2. The zero-order valence-electron chi connectivity index (χ0n) is 15.5. The summed E-state index contributed by atoms with van der Waals surface area (Å²) in [6.07, 6.45) is 5.99. The molecule has 3 nitrogen and oxygen atoms in total. The van der Waals surface area contributed by atoms with Crippen molar-refractivity contribution in [2.24, 2.45) is 11.8 Å². The third-order valence-electron chi connectivity index (χ3n) is 6.08. The molecule has 0 saturated heterocycles. The topological polar surface area (TPSA) is 49.7 Å². The van der Waals surface area contributed by atoms with E-state index in [1.165, 1.54) is 12.8 Å². The van der Waals surface area contributed by atoms with Crippen molar-refractivity contribution in [2.45, 2.75) is 83.8 Å². The molecular weight excluding hydrogens is 300 g/mol. The maximum absolute atomic E-state index is 10.8. The molecule has 2 N–H and O–H groups in total. The fourth-order valence-electron chi connectivity index (χ4n) is 4.67. The van der Waals surface area contributed by atoms with Gasteiger partial charge < -0.3 is 14.9 Å². The predicted molar refractivity (Wildman–Crippen MR) is 96.7 cm³/mol. The Bertz CT molecular complexity index is 591. The summed E-state index contributed by atoms with van der Waals surface area (Å²) >= 11 is 0. The average Bonchev–Trinajstić information content (AvgIpc) is 2.88. The molecule has 1 aliphatic heterocycles. The molecule has 0 aromatic heterocycles. The molecule has 1 heterocycles. The number of ether oxygens (including phenoxy) is 1. The number of aryl methyl sites for hydroxylation is 1. The van der Waals surface area contributed by atoms with Crippen LogP contribution in [0.15, 0.2) is 12.1 Å². The van der Waals surface area contributed by atoms with Crippen LogP contribution >= 0.6 is 0 Å². The molecule has 1 saturated carbocycles. The van der Waals surface area contributed by atoms with Gasteiger partial charge in [-0.1, -0.05) is 33.6 Å². The Morgan fingerprint density at radius 2 is 2.04 bits per heavy atom. The van der Waals surface area contributed by atoms with Gasteiger partial charge in [-0.05, 0) is 62.1 Å². The summed E-state index contributed by atoms with van der Waals surface area (Å²) in [5, 5.41) is 21.6. The molecule has 1 aromatic rings. The minimum atomic E-state index is -0.829. The van der Waals surface area contributed by atoms with E-state index in [2.05, 4.69) is 26.8 Å². The highest BCUT2D eigenvalue weighted by Gasteiger charge is 2.53. The highest BCUT2D eigenvalue weighted by atomic mass is 16.5. The smallest absolute Gasteiger partial charge is 0.134 e. The third kappa shape index (κ3) is 3.03. The number of phenols is 1. The second kappa shape index (κ2) is 6.59. The van der Waals surface area contributed by atoms with Crippen molar-refractivity contribution in [3.8, 4) is 11.5 Å². The number of benzene rings is 1. The van der Waals surface area contributed by atoms with E-state index in [-0.39, 0.29) is 12.0 Å². The van der Waals surface area contributed by atoms with E-state index in [1.807, 2.05) is 13.0 Å². The number of unbranched alkanes of at least 4 members (excludes halogenated alkanes) is 2. The van der Waals surface area contributed by atoms with Gasteiger partial charge in [-0.25, -0.2) is 0 Å². The van der Waals surface area contributed by atoms with Gasteiger partial charge in [0.2, 0.25) is 0 Å². The summed E-state index contributed by atoms with van der Waals surface area (Å²) in [5.41, 5.74) is 1.24. The fraction of sp³-hybridized carbons (Fsp3) is 0.714. The van der Waals surface area contributed by atoms with Gasteiger partial charge in [0.1, 0.15) is 17.6 Å². The lowest BCUT2D eigenvalue weighted by atomic mass is 9.65. The number of aromatic hydroxyl groups is 1. The monoisotopic (exact) mass is 332 g/mol. The van der Waals surface area contributed by atoms with Crippen LogP contribution < -0.4 is 4.74 Å². The second-order valence-corrected chi connectivity index (χ2v) is 8.35. The number of aliphatic hydroxyl groups is 1. The van der Waals surface area contributed by atoms with E-state index in [9.17, 15) is 10.2 Å². The third-order valence-corrected chi connectivity index (χ3v) is 6.08. The SMILES string of the molecule is CCCCCc1cc(O)c2c(c1)O[C@H]1[C@@H]2[C@H](C(C)C)CC[C@@]1(C)O. The van der Waals surface area contributed by atoms with Crippen LogP contribution in [0.2, 0.25) is 0 Å². The Labute approximate surface area is 146 Å². The Kier molecular flexibility index (Phi) is 4.83. The van der Waals surface area contributed by atoms with Crippen LogP contribution in [0, 0.1) is 11.8 Å². The summed E-state index contributed by atoms with van der Waals surface area (Å²) in [6.45, 7) is 8.54. The number of rotatable bonds is 5. The summed E-state index contributed by atoms with van der Waals surface area (Å²) in [6, 6.07) is 4.01. The Morgan fingerprint density at radius 3 is 2.71 bits per heavy atom. The Hall–Kier alpha value is -1.22. The molecule has 3 rings (SSSR count). The summed E-state index contributed by atoms with van der Waals surface area (Å²) in [7, 11) is 0. The van der Waals surface area contributed by atoms with Crippen LogP contribution in [0.25, 0.3) is 0 Å². The molecule has 1 aromatic carbocycles. The van der Waals surface area contributed by atoms with Gasteiger partial charge >= 0.3 is 0 Å². The lowest BCUT2D eigenvalue weighted by molar-refractivity contribution is -0.0918. The molecule has 0 unspecified atom stereocenters. The van der Waals surface area contributed by atoms with E-state index in [0.717, 1.165) is 42.6 Å². The summed E-state index contributed by atoms with van der Waals surface area (Å²) < 4.78 is 6.22. The van der Waals surface area contributed by atoms with Crippen molar-refractivity contribution in [2.75, 3.05) is 0 Å². The van der Waals surface area contributed by atoms with Gasteiger partial charge in [0.05, 0.1) is 5.60 Å². The first-order valence-electron chi connectivity index (χ1n) is 9.60. The molecule has 4 atom stereocenters. The molecule has 134 valence electrons. The molecular formula is C21H32O3. The number of fused-ring (bicyclic) bond motifs is 3. The van der Waals surface area contributed by atoms with Gasteiger partial charge in [-0.15, -0.1) is 0 Å². The first-order valence-corrected chi connectivity index (χ1v) is 9.60. The van der Waals surface area contributed by atoms with Gasteiger partial charge in [0.25, 0.3) is 0 Å². The first kappa shape index (κ1) is 17.6. The van der Waals surface area contributed by atoms with Crippen LogP contribution in [-0.2, 0) is 6.42 Å². The Balaban J connectivity index is 1.95. The lowest BCUT2D eigenvalue weighted by Crippen LogP contribution is -2.50. The van der Waals surface area contributed by atoms with Crippen molar-refractivity contribution < 1.29 is 14.9 Å².